The Hall–Kier alpha value is -0.800. The summed E-state index contributed by atoms with van der Waals surface area (Å²) in [5, 5.41) is 0. The van der Waals surface area contributed by atoms with Crippen molar-refractivity contribution in [3.63, 3.8) is 0 Å². The number of ether oxygens (including phenoxy) is 1. The van der Waals surface area contributed by atoms with E-state index in [-0.39, 0.29) is 0 Å². The third kappa shape index (κ3) is 3.09. The van der Waals surface area contributed by atoms with Crippen molar-refractivity contribution >= 4 is 0 Å². The van der Waals surface area contributed by atoms with Crippen molar-refractivity contribution in [3.8, 4) is 0 Å². The lowest BCUT2D eigenvalue weighted by molar-refractivity contribution is -0.0262. The van der Waals surface area contributed by atoms with Crippen LogP contribution in [0.3, 0.4) is 0 Å². The maximum atomic E-state index is 5.78. The first kappa shape index (κ1) is 11.7. The van der Waals surface area contributed by atoms with Crippen LogP contribution in [0.25, 0.3) is 0 Å². The van der Waals surface area contributed by atoms with Crippen LogP contribution in [-0.4, -0.2) is 56.2 Å². The van der Waals surface area contributed by atoms with Gasteiger partial charge in [-0.15, -0.1) is 0 Å². The van der Waals surface area contributed by atoms with Gasteiger partial charge in [-0.05, 0) is 33.0 Å². The van der Waals surface area contributed by atoms with E-state index in [0.29, 0.717) is 6.10 Å². The van der Waals surface area contributed by atoms with Crippen LogP contribution in [0.15, 0.2) is 23.9 Å². The van der Waals surface area contributed by atoms with Gasteiger partial charge in [0, 0.05) is 25.3 Å². The van der Waals surface area contributed by atoms with Gasteiger partial charge in [0.05, 0.1) is 12.7 Å². The molecule has 0 amide bonds. The average Bonchev–Trinajstić information content (AvgIpc) is 2.30. The van der Waals surface area contributed by atoms with Crippen molar-refractivity contribution in [1.82, 2.24) is 9.80 Å². The molecule has 3 heteroatoms. The fraction of sp³-hybridized carbons (Fsp3) is 0.692. The first-order valence-corrected chi connectivity index (χ1v) is 6.13. The van der Waals surface area contributed by atoms with E-state index in [0.717, 1.165) is 26.2 Å². The Morgan fingerprint density at radius 3 is 3.00 bits per heavy atom. The summed E-state index contributed by atoms with van der Waals surface area (Å²) in [5.74, 6) is 0. The maximum Gasteiger partial charge on any atom is 0.0877 e. The zero-order chi connectivity index (χ0) is 11.4. The highest BCUT2D eigenvalue weighted by molar-refractivity contribution is 5.21. The van der Waals surface area contributed by atoms with Gasteiger partial charge in [0.2, 0.25) is 0 Å². The molecule has 1 saturated heterocycles. The highest BCUT2D eigenvalue weighted by atomic mass is 16.5. The predicted molar refractivity (Wildman–Crippen MR) is 66.3 cm³/mol. The van der Waals surface area contributed by atoms with Crippen LogP contribution in [0.5, 0.6) is 0 Å². The lowest BCUT2D eigenvalue weighted by atomic mass is 10.1. The summed E-state index contributed by atoms with van der Waals surface area (Å²) in [4.78, 5) is 4.65. The second-order valence-electron chi connectivity index (χ2n) is 4.81. The largest absolute Gasteiger partial charge is 0.373 e. The molecule has 90 valence electrons. The molecule has 0 saturated carbocycles. The van der Waals surface area contributed by atoms with Crippen LogP contribution < -0.4 is 0 Å². The average molecular weight is 222 g/mol. The molecule has 3 nitrogen and oxygen atoms in total. The van der Waals surface area contributed by atoms with Gasteiger partial charge >= 0.3 is 0 Å². The van der Waals surface area contributed by atoms with E-state index in [1.807, 2.05) is 0 Å². The lowest BCUT2D eigenvalue weighted by Crippen LogP contribution is -2.45. The van der Waals surface area contributed by atoms with Crippen LogP contribution in [0.2, 0.25) is 0 Å². The topological polar surface area (TPSA) is 15.7 Å². The second-order valence-corrected chi connectivity index (χ2v) is 4.81. The molecule has 0 aromatic heterocycles. The quantitative estimate of drug-likeness (QED) is 0.719. The lowest BCUT2D eigenvalue weighted by Gasteiger charge is -2.36. The number of morpholine rings is 1. The molecule has 1 heterocycles. The van der Waals surface area contributed by atoms with E-state index in [9.17, 15) is 0 Å². The van der Waals surface area contributed by atoms with Gasteiger partial charge in [-0.3, -0.25) is 0 Å². The molecule has 1 atom stereocenters. The summed E-state index contributed by atoms with van der Waals surface area (Å²) in [5.41, 5.74) is 1.39. The standard InChI is InChI=1S/C13H22N2O/c1-14(2)10-13-11-15(8-9-16-13)12-6-4-3-5-7-12/h4,6-7,13H,3,5,8-11H2,1-2H3. The van der Waals surface area contributed by atoms with E-state index in [1.165, 1.54) is 18.5 Å². The molecule has 0 bridgehead atoms. The minimum absolute atomic E-state index is 0.347. The van der Waals surface area contributed by atoms with Crippen molar-refractivity contribution in [2.75, 3.05) is 40.3 Å². The van der Waals surface area contributed by atoms with E-state index in [1.54, 1.807) is 0 Å². The summed E-state index contributed by atoms with van der Waals surface area (Å²) >= 11 is 0. The van der Waals surface area contributed by atoms with Gasteiger partial charge in [-0.25, -0.2) is 0 Å². The summed E-state index contributed by atoms with van der Waals surface area (Å²) in [6, 6.07) is 0. The van der Waals surface area contributed by atoms with Crippen LogP contribution in [0.4, 0.5) is 0 Å². The molecular formula is C13H22N2O. The molecule has 1 aliphatic heterocycles. The van der Waals surface area contributed by atoms with Crippen molar-refractivity contribution in [2.24, 2.45) is 0 Å². The van der Waals surface area contributed by atoms with Crippen molar-refractivity contribution in [2.45, 2.75) is 18.9 Å². The summed E-state index contributed by atoms with van der Waals surface area (Å²) in [7, 11) is 4.20. The Morgan fingerprint density at radius 1 is 1.44 bits per heavy atom. The molecule has 0 spiro atoms. The number of hydrogen-bond acceptors (Lipinski definition) is 3. The molecule has 0 N–H and O–H groups in total. The summed E-state index contributed by atoms with van der Waals surface area (Å²) < 4.78 is 5.78. The molecule has 1 aliphatic carbocycles. The van der Waals surface area contributed by atoms with E-state index in [2.05, 4.69) is 42.1 Å². The Kier molecular flexibility index (Phi) is 4.02. The number of likely N-dealkylation sites (N-methyl/N-ethyl adjacent to an activating group) is 1. The van der Waals surface area contributed by atoms with Gasteiger partial charge in [-0.2, -0.15) is 0 Å². The summed E-state index contributed by atoms with van der Waals surface area (Å²) in [6.45, 7) is 3.91. The minimum atomic E-state index is 0.347. The van der Waals surface area contributed by atoms with Crippen LogP contribution in [0.1, 0.15) is 12.8 Å². The SMILES string of the molecule is CN(C)CC1CN(C2=CCCC=C2)CCO1. The Morgan fingerprint density at radius 2 is 2.31 bits per heavy atom. The minimum Gasteiger partial charge on any atom is -0.373 e. The van der Waals surface area contributed by atoms with E-state index < -0.39 is 0 Å². The third-order valence-corrected chi connectivity index (χ3v) is 3.05. The van der Waals surface area contributed by atoms with E-state index >= 15 is 0 Å². The van der Waals surface area contributed by atoms with E-state index in [4.69, 9.17) is 4.74 Å². The maximum absolute atomic E-state index is 5.78. The Bertz CT molecular complexity index is 284. The molecule has 0 aromatic carbocycles. The number of rotatable bonds is 3. The highest BCUT2D eigenvalue weighted by Crippen LogP contribution is 2.17. The molecule has 0 aromatic rings. The fourth-order valence-corrected chi connectivity index (χ4v) is 2.31. The van der Waals surface area contributed by atoms with Gasteiger partial charge in [-0.1, -0.05) is 12.2 Å². The summed E-state index contributed by atoms with van der Waals surface area (Å²) in [6.07, 6.45) is 9.59. The number of allylic oxidation sites excluding steroid dienone is 3. The molecule has 2 rings (SSSR count). The smallest absolute Gasteiger partial charge is 0.0877 e. The fourth-order valence-electron chi connectivity index (χ4n) is 2.31. The first-order chi connectivity index (χ1) is 7.75. The number of nitrogens with zero attached hydrogens (tertiary/aromatic N) is 2. The van der Waals surface area contributed by atoms with Crippen molar-refractivity contribution in [1.29, 1.82) is 0 Å². The molecule has 2 aliphatic rings. The van der Waals surface area contributed by atoms with Crippen LogP contribution in [0, 0.1) is 0 Å². The predicted octanol–water partition coefficient (Wildman–Crippen LogP) is 1.48. The van der Waals surface area contributed by atoms with Crippen molar-refractivity contribution < 1.29 is 4.74 Å². The molecule has 0 radical (unpaired) electrons. The third-order valence-electron chi connectivity index (χ3n) is 3.05. The normalized spacial score (nSPS) is 26.1. The highest BCUT2D eigenvalue weighted by Gasteiger charge is 2.21. The first-order valence-electron chi connectivity index (χ1n) is 6.13. The Balaban J connectivity index is 1.91. The van der Waals surface area contributed by atoms with Gasteiger partial charge in [0.15, 0.2) is 0 Å². The molecule has 1 unspecified atom stereocenters. The molecular weight excluding hydrogens is 200 g/mol. The van der Waals surface area contributed by atoms with Gasteiger partial charge in [0.1, 0.15) is 0 Å². The number of hydrogen-bond donors (Lipinski definition) is 0. The van der Waals surface area contributed by atoms with Gasteiger partial charge in [0.25, 0.3) is 0 Å². The Labute approximate surface area is 98.4 Å². The van der Waals surface area contributed by atoms with Crippen molar-refractivity contribution in [3.05, 3.63) is 23.9 Å². The van der Waals surface area contributed by atoms with Crippen LogP contribution >= 0.6 is 0 Å². The second kappa shape index (κ2) is 5.51. The monoisotopic (exact) mass is 222 g/mol. The molecule has 16 heavy (non-hydrogen) atoms. The zero-order valence-corrected chi connectivity index (χ0v) is 10.4. The zero-order valence-electron chi connectivity index (χ0n) is 10.4. The van der Waals surface area contributed by atoms with Crippen LogP contribution in [-0.2, 0) is 4.74 Å². The molecule has 1 fully saturated rings. The van der Waals surface area contributed by atoms with Gasteiger partial charge < -0.3 is 14.5 Å².